The Balaban J connectivity index is 2.13. The van der Waals surface area contributed by atoms with Crippen LogP contribution in [0.5, 0.6) is 0 Å². The maximum atomic E-state index is 5.80. The van der Waals surface area contributed by atoms with Gasteiger partial charge in [0.25, 0.3) is 0 Å². The standard InChI is InChI=1S/C14H24N4O/c1-10-13(15-3)16-11(2)17-14(10)18(4)9-12-7-5-6-8-19-12/h12H,5-9H2,1-4H3,(H,15,16,17). The minimum absolute atomic E-state index is 0.325. The third kappa shape index (κ3) is 3.35. The highest BCUT2D eigenvalue weighted by molar-refractivity contribution is 5.58. The lowest BCUT2D eigenvalue weighted by Crippen LogP contribution is -2.34. The van der Waals surface area contributed by atoms with Crippen LogP contribution in [0.15, 0.2) is 0 Å². The normalized spacial score (nSPS) is 19.3. The van der Waals surface area contributed by atoms with E-state index in [1.54, 1.807) is 0 Å². The van der Waals surface area contributed by atoms with Gasteiger partial charge in [0.1, 0.15) is 17.5 Å². The summed E-state index contributed by atoms with van der Waals surface area (Å²) in [6.07, 6.45) is 3.93. The first-order valence-electron chi connectivity index (χ1n) is 6.97. The predicted molar refractivity (Wildman–Crippen MR) is 77.9 cm³/mol. The number of nitrogens with one attached hydrogen (secondary N) is 1. The number of rotatable bonds is 4. The summed E-state index contributed by atoms with van der Waals surface area (Å²) >= 11 is 0. The SMILES string of the molecule is CNc1nc(C)nc(N(C)CC2CCCCO2)c1C. The Labute approximate surface area is 115 Å². The molecule has 1 aromatic rings. The Kier molecular flexibility index (Phi) is 4.58. The van der Waals surface area contributed by atoms with E-state index >= 15 is 0 Å². The topological polar surface area (TPSA) is 50.3 Å². The number of anilines is 2. The van der Waals surface area contributed by atoms with Gasteiger partial charge in [-0.1, -0.05) is 0 Å². The van der Waals surface area contributed by atoms with Crippen LogP contribution in [0.4, 0.5) is 11.6 Å². The third-order valence-corrected chi connectivity index (χ3v) is 3.58. The van der Waals surface area contributed by atoms with Crippen LogP contribution in [-0.2, 0) is 4.74 Å². The van der Waals surface area contributed by atoms with Crippen LogP contribution in [0, 0.1) is 13.8 Å². The zero-order valence-corrected chi connectivity index (χ0v) is 12.4. The van der Waals surface area contributed by atoms with Gasteiger partial charge in [0.15, 0.2) is 0 Å². The highest BCUT2D eigenvalue weighted by atomic mass is 16.5. The fourth-order valence-electron chi connectivity index (χ4n) is 2.57. The van der Waals surface area contributed by atoms with Crippen molar-refractivity contribution in [2.45, 2.75) is 39.2 Å². The number of ether oxygens (including phenoxy) is 1. The molecule has 1 saturated heterocycles. The highest BCUT2D eigenvalue weighted by Crippen LogP contribution is 2.23. The molecule has 106 valence electrons. The van der Waals surface area contributed by atoms with E-state index < -0.39 is 0 Å². The Hall–Kier alpha value is -1.36. The number of hydrogen-bond acceptors (Lipinski definition) is 5. The molecule has 5 heteroatoms. The minimum Gasteiger partial charge on any atom is -0.376 e. The van der Waals surface area contributed by atoms with Crippen LogP contribution in [0.3, 0.4) is 0 Å². The van der Waals surface area contributed by atoms with Crippen LogP contribution < -0.4 is 10.2 Å². The molecule has 0 radical (unpaired) electrons. The minimum atomic E-state index is 0.325. The smallest absolute Gasteiger partial charge is 0.137 e. The molecule has 1 N–H and O–H groups in total. The van der Waals surface area contributed by atoms with Crippen molar-refractivity contribution >= 4 is 11.6 Å². The van der Waals surface area contributed by atoms with Gasteiger partial charge in [-0.2, -0.15) is 0 Å². The molecule has 0 amide bonds. The van der Waals surface area contributed by atoms with Gasteiger partial charge in [-0.25, -0.2) is 9.97 Å². The number of aromatic nitrogens is 2. The molecule has 1 atom stereocenters. The molecule has 19 heavy (non-hydrogen) atoms. The average Bonchev–Trinajstić information content (AvgIpc) is 2.42. The van der Waals surface area contributed by atoms with Gasteiger partial charge in [0.05, 0.1) is 6.10 Å². The predicted octanol–water partition coefficient (Wildman–Crippen LogP) is 2.14. The molecule has 2 rings (SSSR count). The van der Waals surface area contributed by atoms with E-state index in [2.05, 4.69) is 34.2 Å². The molecule has 2 heterocycles. The molecule has 0 spiro atoms. The molecule has 0 aliphatic carbocycles. The summed E-state index contributed by atoms with van der Waals surface area (Å²) in [5, 5.41) is 3.13. The van der Waals surface area contributed by atoms with Crippen LogP contribution in [-0.4, -0.2) is 43.3 Å². The summed E-state index contributed by atoms with van der Waals surface area (Å²) in [6, 6.07) is 0. The first-order valence-corrected chi connectivity index (χ1v) is 6.97. The third-order valence-electron chi connectivity index (χ3n) is 3.58. The van der Waals surface area contributed by atoms with Crippen molar-refractivity contribution < 1.29 is 4.74 Å². The fraction of sp³-hybridized carbons (Fsp3) is 0.714. The quantitative estimate of drug-likeness (QED) is 0.903. The fourth-order valence-corrected chi connectivity index (χ4v) is 2.57. The first kappa shape index (κ1) is 14.1. The number of aryl methyl sites for hydroxylation is 1. The Bertz CT molecular complexity index is 430. The maximum absolute atomic E-state index is 5.80. The van der Waals surface area contributed by atoms with Crippen molar-refractivity contribution in [3.63, 3.8) is 0 Å². The van der Waals surface area contributed by atoms with Gasteiger partial charge >= 0.3 is 0 Å². The molecule has 1 fully saturated rings. The largest absolute Gasteiger partial charge is 0.376 e. The van der Waals surface area contributed by atoms with Gasteiger partial charge in [-0.3, -0.25) is 0 Å². The van der Waals surface area contributed by atoms with Crippen molar-refractivity contribution in [3.05, 3.63) is 11.4 Å². The maximum Gasteiger partial charge on any atom is 0.137 e. The van der Waals surface area contributed by atoms with Gasteiger partial charge in [-0.05, 0) is 33.1 Å². The summed E-state index contributed by atoms with van der Waals surface area (Å²) in [5.74, 6) is 2.69. The second-order valence-electron chi connectivity index (χ2n) is 5.19. The number of likely N-dealkylation sites (N-methyl/N-ethyl adjacent to an activating group) is 1. The molecule has 0 aromatic carbocycles. The van der Waals surface area contributed by atoms with E-state index in [1.165, 1.54) is 12.8 Å². The Morgan fingerprint density at radius 3 is 2.74 bits per heavy atom. The van der Waals surface area contributed by atoms with Crippen LogP contribution >= 0.6 is 0 Å². The van der Waals surface area contributed by atoms with Crippen molar-refractivity contribution in [2.75, 3.05) is 37.5 Å². The lowest BCUT2D eigenvalue weighted by atomic mass is 10.1. The molecule has 0 saturated carbocycles. The van der Waals surface area contributed by atoms with Crippen molar-refractivity contribution in [2.24, 2.45) is 0 Å². The molecular formula is C14H24N4O. The summed E-state index contributed by atoms with van der Waals surface area (Å²) in [6.45, 7) is 5.76. The Morgan fingerprint density at radius 1 is 1.32 bits per heavy atom. The van der Waals surface area contributed by atoms with E-state index in [0.717, 1.165) is 42.6 Å². The van der Waals surface area contributed by atoms with Crippen LogP contribution in [0.25, 0.3) is 0 Å². The Morgan fingerprint density at radius 2 is 2.11 bits per heavy atom. The van der Waals surface area contributed by atoms with E-state index in [4.69, 9.17) is 4.74 Å². The van der Waals surface area contributed by atoms with Gasteiger partial charge in [0.2, 0.25) is 0 Å². The first-order chi connectivity index (χ1) is 9.11. The zero-order valence-electron chi connectivity index (χ0n) is 12.4. The lowest BCUT2D eigenvalue weighted by molar-refractivity contribution is 0.0215. The van der Waals surface area contributed by atoms with Crippen LogP contribution in [0.1, 0.15) is 30.7 Å². The molecule has 5 nitrogen and oxygen atoms in total. The zero-order chi connectivity index (χ0) is 13.8. The van der Waals surface area contributed by atoms with Gasteiger partial charge in [0, 0.05) is 32.8 Å². The number of nitrogens with zero attached hydrogens (tertiary/aromatic N) is 3. The van der Waals surface area contributed by atoms with Crippen molar-refractivity contribution in [1.82, 2.24) is 9.97 Å². The van der Waals surface area contributed by atoms with E-state index in [9.17, 15) is 0 Å². The van der Waals surface area contributed by atoms with Gasteiger partial charge in [-0.15, -0.1) is 0 Å². The van der Waals surface area contributed by atoms with Crippen LogP contribution in [0.2, 0.25) is 0 Å². The van der Waals surface area contributed by atoms with E-state index in [-0.39, 0.29) is 0 Å². The molecule has 1 unspecified atom stereocenters. The molecule has 1 aliphatic heterocycles. The van der Waals surface area contributed by atoms with Gasteiger partial charge < -0.3 is 15.0 Å². The summed E-state index contributed by atoms with van der Waals surface area (Å²) in [7, 11) is 3.97. The lowest BCUT2D eigenvalue weighted by Gasteiger charge is -2.29. The molecule has 1 aliphatic rings. The molecule has 0 bridgehead atoms. The summed E-state index contributed by atoms with van der Waals surface area (Å²) in [4.78, 5) is 11.1. The number of hydrogen-bond donors (Lipinski definition) is 1. The monoisotopic (exact) mass is 264 g/mol. The second-order valence-corrected chi connectivity index (χ2v) is 5.19. The average molecular weight is 264 g/mol. The van der Waals surface area contributed by atoms with E-state index in [1.807, 2.05) is 14.0 Å². The van der Waals surface area contributed by atoms with E-state index in [0.29, 0.717) is 6.10 Å². The van der Waals surface area contributed by atoms with Crippen molar-refractivity contribution in [1.29, 1.82) is 0 Å². The second kappa shape index (κ2) is 6.19. The highest BCUT2D eigenvalue weighted by Gasteiger charge is 2.19. The summed E-state index contributed by atoms with van der Waals surface area (Å²) in [5.41, 5.74) is 1.09. The van der Waals surface area contributed by atoms with Crippen molar-refractivity contribution in [3.8, 4) is 0 Å². The summed E-state index contributed by atoms with van der Waals surface area (Å²) < 4.78 is 5.80. The molecular weight excluding hydrogens is 240 g/mol. The molecule has 1 aromatic heterocycles.